The van der Waals surface area contributed by atoms with Crippen LogP contribution in [0.5, 0.6) is 5.75 Å². The second-order valence-electron chi connectivity index (χ2n) is 21.0. The van der Waals surface area contributed by atoms with Crippen LogP contribution in [-0.4, -0.2) is 127 Å². The summed E-state index contributed by atoms with van der Waals surface area (Å²) in [5.74, 6) is -0.0685. The largest absolute Gasteiger partial charge is 0.497 e. The lowest BCUT2D eigenvalue weighted by atomic mass is 10.1. The maximum atomic E-state index is 10.6. The average Bonchev–Trinajstić information content (AvgIpc) is 1.56. The highest BCUT2D eigenvalue weighted by atomic mass is 79.9. The molecule has 0 atom stereocenters. The number of carboxylic acids is 1. The SMILES string of the molecule is COc1ccc(Cn2cn[nH]c2=S)cc1.O=C(O)c1ccc(Cn2cn[nH]c2=S)cc1.S=c1[nH]ncn1Cc1ccc(Br)cc1.S=c1[nH]ncn1Cc1ccc(Cl)c(Cl)c1.S=c1[nH]ncn1Cc1ccc(Cl)cc1Cl.S=c1[nH]ncn1Cc1cccc(Cl)c1.S=c1[nH]ncn1Cc1cccnc1. The summed E-state index contributed by atoms with van der Waals surface area (Å²) >= 11 is 68.0. The predicted octanol–water partition coefficient (Wildman–Crippen LogP) is 17.1. The van der Waals surface area contributed by atoms with Crippen LogP contribution < -0.4 is 4.74 Å². The predicted molar refractivity (Wildman–Crippen MR) is 415 cm³/mol. The van der Waals surface area contributed by atoms with Crippen LogP contribution in [0.4, 0.5) is 0 Å². The van der Waals surface area contributed by atoms with Gasteiger partial charge in [-0.25, -0.2) is 4.79 Å². The maximum Gasteiger partial charge on any atom is 0.335 e. The van der Waals surface area contributed by atoms with Crippen molar-refractivity contribution in [1.82, 2.24) is 108 Å². The molecule has 14 rings (SSSR count). The van der Waals surface area contributed by atoms with E-state index < -0.39 is 5.97 Å². The molecule has 102 heavy (non-hydrogen) atoms. The number of carboxylic acid groups (broad SMARTS) is 1. The molecular formula is C64H58BrCl5N22O3S7. The molecule has 0 spiro atoms. The minimum absolute atomic E-state index is 0.277. The van der Waals surface area contributed by atoms with Crippen LogP contribution in [0, 0.1) is 33.4 Å². The van der Waals surface area contributed by atoms with E-state index in [9.17, 15) is 4.79 Å². The summed E-state index contributed by atoms with van der Waals surface area (Å²) in [7, 11) is 1.65. The van der Waals surface area contributed by atoms with Gasteiger partial charge in [0.2, 0.25) is 0 Å². The van der Waals surface area contributed by atoms with E-state index in [1.165, 1.54) is 5.56 Å². The number of hydrogen-bond donors (Lipinski definition) is 8. The van der Waals surface area contributed by atoms with E-state index in [2.05, 4.69) is 104 Å². The molecule has 6 aromatic carbocycles. The van der Waals surface area contributed by atoms with Gasteiger partial charge in [-0.15, -0.1) is 0 Å². The van der Waals surface area contributed by atoms with Gasteiger partial charge in [-0.3, -0.25) is 40.7 Å². The van der Waals surface area contributed by atoms with Crippen molar-refractivity contribution in [3.05, 3.63) is 310 Å². The van der Waals surface area contributed by atoms with Crippen LogP contribution in [0.3, 0.4) is 0 Å². The van der Waals surface area contributed by atoms with Crippen molar-refractivity contribution in [2.24, 2.45) is 0 Å². The van der Waals surface area contributed by atoms with Crippen LogP contribution in [0.1, 0.15) is 49.3 Å². The summed E-state index contributed by atoms with van der Waals surface area (Å²) in [6.07, 6.45) is 15.2. The fourth-order valence-corrected chi connectivity index (χ4v) is 11.0. The fourth-order valence-electron chi connectivity index (χ4n) is 8.53. The van der Waals surface area contributed by atoms with Gasteiger partial charge in [0, 0.05) is 31.9 Å². The van der Waals surface area contributed by atoms with Gasteiger partial charge in [-0.1, -0.05) is 141 Å². The number of aromatic nitrogens is 22. The highest BCUT2D eigenvalue weighted by molar-refractivity contribution is 9.10. The zero-order valence-corrected chi connectivity index (χ0v) is 64.2. The highest BCUT2D eigenvalue weighted by Gasteiger charge is 2.07. The van der Waals surface area contributed by atoms with E-state index >= 15 is 0 Å². The van der Waals surface area contributed by atoms with E-state index in [1.54, 1.807) is 109 Å². The van der Waals surface area contributed by atoms with Crippen molar-refractivity contribution in [3.8, 4) is 5.75 Å². The molecule has 0 bridgehead atoms. The number of benzene rings is 6. The number of halogens is 6. The first kappa shape index (κ1) is 78.9. The summed E-state index contributed by atoms with van der Waals surface area (Å²) < 4.78 is 23.2. The van der Waals surface area contributed by atoms with Gasteiger partial charge in [-0.2, -0.15) is 35.7 Å². The summed E-state index contributed by atoms with van der Waals surface area (Å²) in [5.41, 5.74) is 7.82. The molecule has 38 heteroatoms. The monoisotopic (exact) mass is 1660 g/mol. The number of pyridine rings is 1. The molecule has 0 unspecified atom stereocenters. The number of nitrogens with one attached hydrogen (secondary N) is 7. The van der Waals surface area contributed by atoms with Gasteiger partial charge in [0.25, 0.3) is 0 Å². The van der Waals surface area contributed by atoms with Crippen LogP contribution >= 0.6 is 159 Å². The second kappa shape index (κ2) is 40.7. The Morgan fingerprint density at radius 2 is 0.765 bits per heavy atom. The third-order valence-electron chi connectivity index (χ3n) is 13.7. The summed E-state index contributed by atoms with van der Waals surface area (Å²) in [5, 5.41) is 57.5. The first-order chi connectivity index (χ1) is 49.2. The van der Waals surface area contributed by atoms with Gasteiger partial charge < -0.3 is 41.8 Å². The lowest BCUT2D eigenvalue weighted by molar-refractivity contribution is 0.0696. The maximum absolute atomic E-state index is 10.6. The smallest absolute Gasteiger partial charge is 0.335 e. The number of hydrogen-bond acceptors (Lipinski definition) is 17. The topological polar surface area (TPSA) is 295 Å². The lowest BCUT2D eigenvalue weighted by Crippen LogP contribution is -2.00. The van der Waals surface area contributed by atoms with E-state index in [-0.39, 0.29) is 5.56 Å². The molecule has 8 heterocycles. The number of nitrogens with zero attached hydrogens (tertiary/aromatic N) is 15. The standard InChI is InChI=1S/C10H9N3O2S.C10H11N3OS.C9H8BrN3S.2C9H7Cl2N3S.C9H8ClN3S.C8H8N4S/c14-9(15)8-3-1-7(2-4-8)5-13-6-11-12-10(13)16;1-14-9-4-2-8(3-5-9)6-13-7-11-12-10(13)15;10-8-3-1-7(2-4-8)5-13-6-11-12-9(13)14;10-7-2-1-6(8(11)3-7)4-14-5-12-13-9(14)15;10-7-2-1-6(3-8(7)11)4-14-5-12-13-9(14)15;10-8-3-1-2-7(4-8)5-13-6-11-12-9(13)14;13-8-11-10-6-12(8)5-7-2-1-3-9-4-7/h1-4,6H,5H2,(H,12,16)(H,14,15);2-5,7H,6H2,1H3,(H,12,15);1-4,6H,5H2,(H,12,14);2*1-3,5H,4H2,(H,13,15);1-4,6H,5H2,(H,12,14);1-4,6H,5H2,(H,11,13). The Balaban J connectivity index is 0.000000151. The molecular weight excluding hydrogens is 1610 g/mol. The van der Waals surface area contributed by atoms with Gasteiger partial charge >= 0.3 is 5.97 Å². The van der Waals surface area contributed by atoms with E-state index in [1.807, 2.05) is 120 Å². The fraction of sp³-hybridized carbons (Fsp3) is 0.125. The zero-order chi connectivity index (χ0) is 72.9. The van der Waals surface area contributed by atoms with Crippen LogP contribution in [0.2, 0.25) is 25.1 Å². The Hall–Kier alpha value is -8.81. The van der Waals surface area contributed by atoms with Crippen LogP contribution in [0.25, 0.3) is 0 Å². The molecule has 0 aliphatic carbocycles. The van der Waals surface area contributed by atoms with Crippen LogP contribution in [0.15, 0.2) is 207 Å². The Morgan fingerprint density at radius 3 is 1.13 bits per heavy atom. The zero-order valence-electron chi connectivity index (χ0n) is 53.1. The molecule has 0 radical (unpaired) electrons. The number of carbonyl (C=O) groups is 1. The normalized spacial score (nSPS) is 10.3. The minimum atomic E-state index is -0.925. The van der Waals surface area contributed by atoms with Gasteiger partial charge in [0.15, 0.2) is 33.4 Å². The highest BCUT2D eigenvalue weighted by Crippen LogP contribution is 2.24. The number of rotatable bonds is 16. The summed E-state index contributed by atoms with van der Waals surface area (Å²) in [4.78, 5) is 14.7. The first-order valence-electron chi connectivity index (χ1n) is 29.6. The Kier molecular flexibility index (Phi) is 31.5. The number of H-pyrrole nitrogens is 7. The number of aromatic carboxylic acids is 1. The Morgan fingerprint density at radius 1 is 0.402 bits per heavy atom. The van der Waals surface area contributed by atoms with E-state index in [0.717, 1.165) is 61.7 Å². The Labute approximate surface area is 650 Å². The Bertz CT molecular complexity index is 5370. The molecule has 0 saturated carbocycles. The van der Waals surface area contributed by atoms with Crippen molar-refractivity contribution in [3.63, 3.8) is 0 Å². The van der Waals surface area contributed by atoms with E-state index in [4.69, 9.17) is 153 Å². The molecule has 0 aliphatic heterocycles. The molecule has 526 valence electrons. The summed E-state index contributed by atoms with van der Waals surface area (Å²) in [6.45, 7) is 4.67. The van der Waals surface area contributed by atoms with Gasteiger partial charge in [-0.05, 0) is 203 Å². The molecule has 0 fully saturated rings. The molecule has 0 amide bonds. The van der Waals surface area contributed by atoms with Crippen molar-refractivity contribution >= 4 is 165 Å². The van der Waals surface area contributed by atoms with Crippen molar-refractivity contribution in [2.75, 3.05) is 7.11 Å². The van der Waals surface area contributed by atoms with E-state index in [0.29, 0.717) is 86.2 Å². The van der Waals surface area contributed by atoms with Crippen LogP contribution in [-0.2, 0) is 45.8 Å². The third-order valence-corrected chi connectivity index (χ3v) is 18.0. The molecule has 8 aromatic heterocycles. The van der Waals surface area contributed by atoms with Crippen molar-refractivity contribution < 1.29 is 14.6 Å². The number of ether oxygens (including phenoxy) is 1. The van der Waals surface area contributed by atoms with Gasteiger partial charge in [0.05, 0.1) is 68.5 Å². The third kappa shape index (κ3) is 25.9. The summed E-state index contributed by atoms with van der Waals surface area (Å²) in [6, 6.07) is 45.1. The number of aromatic amines is 7. The van der Waals surface area contributed by atoms with Gasteiger partial charge in [0.1, 0.15) is 50.0 Å². The average molecular weight is 1660 g/mol. The molecule has 14 aromatic rings. The lowest BCUT2D eigenvalue weighted by Gasteiger charge is -2.04. The second-order valence-corrected chi connectivity index (χ2v) is 26.7. The number of methoxy groups -OCH3 is 1. The molecule has 25 nitrogen and oxygen atoms in total. The molecule has 8 N–H and O–H groups in total. The quantitative estimate of drug-likeness (QED) is 0.0417. The van der Waals surface area contributed by atoms with Crippen molar-refractivity contribution in [1.29, 1.82) is 0 Å². The molecule has 0 aliphatic rings. The molecule has 0 saturated heterocycles. The first-order valence-corrected chi connectivity index (χ1v) is 35.1. The van der Waals surface area contributed by atoms with Crippen molar-refractivity contribution in [2.45, 2.75) is 45.8 Å². The minimum Gasteiger partial charge on any atom is -0.497 e.